The molecule has 0 aliphatic rings. The molecular weight excluding hydrogens is 428 g/mol. The number of non-ortho nitro benzene ring substituents is 1. The van der Waals surface area contributed by atoms with Gasteiger partial charge in [0.2, 0.25) is 0 Å². The van der Waals surface area contributed by atoms with Gasteiger partial charge in [0.15, 0.2) is 5.16 Å². The van der Waals surface area contributed by atoms with E-state index in [1.807, 2.05) is 43.6 Å². The van der Waals surface area contributed by atoms with E-state index in [4.69, 9.17) is 4.74 Å². The lowest BCUT2D eigenvalue weighted by molar-refractivity contribution is -0.384. The molecular formula is C23H24N4O4S. The van der Waals surface area contributed by atoms with E-state index < -0.39 is 10.9 Å². The number of aromatic nitrogens is 2. The molecule has 0 saturated carbocycles. The Balaban J connectivity index is 1.78. The van der Waals surface area contributed by atoms with Crippen LogP contribution in [0.1, 0.15) is 21.6 Å². The average Bonchev–Trinajstić information content (AvgIpc) is 2.79. The molecule has 0 unspecified atom stereocenters. The van der Waals surface area contributed by atoms with E-state index >= 15 is 0 Å². The molecule has 0 aliphatic carbocycles. The van der Waals surface area contributed by atoms with Gasteiger partial charge in [0.05, 0.1) is 16.3 Å². The van der Waals surface area contributed by atoms with Crippen molar-refractivity contribution in [3.63, 3.8) is 0 Å². The van der Waals surface area contributed by atoms with Crippen molar-refractivity contribution in [2.45, 2.75) is 18.6 Å². The Kier molecular flexibility index (Phi) is 7.91. The van der Waals surface area contributed by atoms with Crippen molar-refractivity contribution in [2.75, 3.05) is 26.5 Å². The number of aryl methyl sites for hydroxylation is 1. The van der Waals surface area contributed by atoms with Crippen LogP contribution in [0.15, 0.2) is 59.8 Å². The number of likely N-dealkylation sites (N-methyl/N-ethyl adjacent to an activating group) is 1. The van der Waals surface area contributed by atoms with Crippen LogP contribution in [0.5, 0.6) is 0 Å². The zero-order valence-electron chi connectivity index (χ0n) is 18.1. The monoisotopic (exact) mass is 452 g/mol. The second-order valence-electron chi connectivity index (χ2n) is 7.19. The van der Waals surface area contributed by atoms with Crippen molar-refractivity contribution in [3.8, 4) is 11.3 Å². The molecule has 0 aliphatic heterocycles. The molecule has 0 atom stereocenters. The average molecular weight is 453 g/mol. The van der Waals surface area contributed by atoms with E-state index in [0.717, 1.165) is 6.54 Å². The van der Waals surface area contributed by atoms with Gasteiger partial charge in [-0.25, -0.2) is 14.8 Å². The van der Waals surface area contributed by atoms with E-state index in [1.165, 1.54) is 29.5 Å². The Morgan fingerprint density at radius 1 is 1.16 bits per heavy atom. The highest BCUT2D eigenvalue weighted by Gasteiger charge is 2.22. The first-order chi connectivity index (χ1) is 15.4. The Bertz CT molecular complexity index is 1110. The van der Waals surface area contributed by atoms with Crippen LogP contribution in [0, 0.1) is 17.0 Å². The molecule has 0 spiro atoms. The van der Waals surface area contributed by atoms with Crippen molar-refractivity contribution in [1.29, 1.82) is 0 Å². The van der Waals surface area contributed by atoms with Crippen molar-refractivity contribution < 1.29 is 14.5 Å². The number of ether oxygens (including phenoxy) is 1. The van der Waals surface area contributed by atoms with Gasteiger partial charge in [0, 0.05) is 30.8 Å². The third-order valence-corrected chi connectivity index (χ3v) is 5.34. The van der Waals surface area contributed by atoms with Crippen molar-refractivity contribution in [2.24, 2.45) is 0 Å². The zero-order chi connectivity index (χ0) is 23.1. The highest BCUT2D eigenvalue weighted by atomic mass is 32.2. The number of rotatable bonds is 9. The molecule has 32 heavy (non-hydrogen) atoms. The van der Waals surface area contributed by atoms with E-state index in [9.17, 15) is 14.9 Å². The molecule has 3 aromatic rings. The van der Waals surface area contributed by atoms with Crippen LogP contribution in [0.3, 0.4) is 0 Å². The molecule has 0 fully saturated rings. The third-order valence-electron chi connectivity index (χ3n) is 4.79. The van der Waals surface area contributed by atoms with Gasteiger partial charge < -0.3 is 4.74 Å². The summed E-state index contributed by atoms with van der Waals surface area (Å²) in [6, 6.07) is 16.1. The number of benzene rings is 2. The minimum Gasteiger partial charge on any atom is -0.461 e. The normalized spacial score (nSPS) is 10.9. The van der Waals surface area contributed by atoms with Gasteiger partial charge in [0.1, 0.15) is 12.2 Å². The fourth-order valence-electron chi connectivity index (χ4n) is 3.20. The van der Waals surface area contributed by atoms with E-state index in [1.54, 1.807) is 19.1 Å². The van der Waals surface area contributed by atoms with Gasteiger partial charge in [-0.1, -0.05) is 54.2 Å². The molecule has 2 aromatic carbocycles. The first kappa shape index (κ1) is 23.4. The van der Waals surface area contributed by atoms with E-state index in [2.05, 4.69) is 14.9 Å². The summed E-state index contributed by atoms with van der Waals surface area (Å²) in [5.41, 5.74) is 2.57. The van der Waals surface area contributed by atoms with Gasteiger partial charge in [-0.05, 0) is 25.8 Å². The molecule has 1 heterocycles. The second kappa shape index (κ2) is 10.8. The summed E-state index contributed by atoms with van der Waals surface area (Å²) in [4.78, 5) is 34.6. The van der Waals surface area contributed by atoms with Crippen molar-refractivity contribution >= 4 is 23.4 Å². The summed E-state index contributed by atoms with van der Waals surface area (Å²) in [7, 11) is 1.96. The van der Waals surface area contributed by atoms with Crippen molar-refractivity contribution in [1.82, 2.24) is 14.9 Å². The number of nitro benzene ring substituents is 1. The van der Waals surface area contributed by atoms with Crippen LogP contribution in [0.2, 0.25) is 0 Å². The number of esters is 1. The summed E-state index contributed by atoms with van der Waals surface area (Å²) in [6.07, 6.45) is 1.83. The number of carbonyl (C=O) groups excluding carboxylic acids is 1. The van der Waals surface area contributed by atoms with Gasteiger partial charge in [-0.15, -0.1) is 0 Å². The SMILES string of the molecule is CSc1nc(C)c(C(=O)OCCN(C)Cc2ccccc2)c(-c2cccc([N+](=O)[O-])c2)n1. The minimum atomic E-state index is -0.551. The van der Waals surface area contributed by atoms with E-state index in [-0.39, 0.29) is 17.9 Å². The van der Waals surface area contributed by atoms with Crippen LogP contribution in [-0.4, -0.2) is 52.2 Å². The van der Waals surface area contributed by atoms with Crippen LogP contribution in [-0.2, 0) is 11.3 Å². The lowest BCUT2D eigenvalue weighted by Gasteiger charge is -2.17. The predicted molar refractivity (Wildman–Crippen MR) is 124 cm³/mol. The number of carbonyl (C=O) groups is 1. The van der Waals surface area contributed by atoms with Gasteiger partial charge in [0.25, 0.3) is 5.69 Å². The highest BCUT2D eigenvalue weighted by molar-refractivity contribution is 7.98. The maximum Gasteiger partial charge on any atom is 0.342 e. The molecule has 0 amide bonds. The Morgan fingerprint density at radius 3 is 2.59 bits per heavy atom. The first-order valence-corrected chi connectivity index (χ1v) is 11.2. The third kappa shape index (κ3) is 5.89. The predicted octanol–water partition coefficient (Wildman–Crippen LogP) is 4.37. The fourth-order valence-corrected chi connectivity index (χ4v) is 3.61. The minimum absolute atomic E-state index is 0.0775. The lowest BCUT2D eigenvalue weighted by atomic mass is 10.0. The van der Waals surface area contributed by atoms with Gasteiger partial charge >= 0.3 is 5.97 Å². The molecule has 8 nitrogen and oxygen atoms in total. The first-order valence-electron chi connectivity index (χ1n) is 9.96. The maximum atomic E-state index is 13.0. The Hall–Kier alpha value is -3.30. The highest BCUT2D eigenvalue weighted by Crippen LogP contribution is 2.29. The van der Waals surface area contributed by atoms with E-state index in [0.29, 0.717) is 28.7 Å². The number of nitrogens with zero attached hydrogens (tertiary/aromatic N) is 4. The second-order valence-corrected chi connectivity index (χ2v) is 7.96. The molecule has 0 bridgehead atoms. The van der Waals surface area contributed by atoms with Crippen LogP contribution < -0.4 is 0 Å². The molecule has 0 saturated heterocycles. The quantitative estimate of drug-likeness (QED) is 0.155. The Morgan fingerprint density at radius 2 is 1.91 bits per heavy atom. The maximum absolute atomic E-state index is 13.0. The molecule has 3 rings (SSSR count). The number of nitro groups is 1. The van der Waals surface area contributed by atoms with Gasteiger partial charge in [-0.3, -0.25) is 15.0 Å². The van der Waals surface area contributed by atoms with Crippen LogP contribution >= 0.6 is 11.8 Å². The summed E-state index contributed by atoms with van der Waals surface area (Å²) >= 11 is 1.33. The lowest BCUT2D eigenvalue weighted by Crippen LogP contribution is -2.24. The molecule has 166 valence electrons. The topological polar surface area (TPSA) is 98.5 Å². The number of hydrogen-bond donors (Lipinski definition) is 0. The molecule has 0 N–H and O–H groups in total. The fraction of sp³-hybridized carbons (Fsp3) is 0.261. The summed E-state index contributed by atoms with van der Waals surface area (Å²) < 4.78 is 5.53. The standard InChI is InChI=1S/C23H24N4O4S/c1-16-20(22(28)31-13-12-26(2)15-17-8-5-4-6-9-17)21(25-23(24-16)32-3)18-10-7-11-19(14-18)27(29)30/h4-11,14H,12-13,15H2,1-3H3. The van der Waals surface area contributed by atoms with Crippen LogP contribution in [0.4, 0.5) is 5.69 Å². The molecule has 0 radical (unpaired) electrons. The Labute approximate surface area is 190 Å². The summed E-state index contributed by atoms with van der Waals surface area (Å²) in [5, 5.41) is 11.7. The zero-order valence-corrected chi connectivity index (χ0v) is 19.0. The largest absolute Gasteiger partial charge is 0.461 e. The number of hydrogen-bond acceptors (Lipinski definition) is 8. The summed E-state index contributed by atoms with van der Waals surface area (Å²) in [5.74, 6) is -0.551. The smallest absolute Gasteiger partial charge is 0.342 e. The number of thioether (sulfide) groups is 1. The van der Waals surface area contributed by atoms with Gasteiger partial charge in [-0.2, -0.15) is 0 Å². The molecule has 1 aromatic heterocycles. The molecule has 9 heteroatoms. The summed E-state index contributed by atoms with van der Waals surface area (Å²) in [6.45, 7) is 3.19. The van der Waals surface area contributed by atoms with Crippen LogP contribution in [0.25, 0.3) is 11.3 Å². The van der Waals surface area contributed by atoms with Crippen molar-refractivity contribution in [3.05, 3.63) is 81.5 Å².